The number of aryl methyl sites for hydroxylation is 1. The van der Waals surface area contributed by atoms with Gasteiger partial charge in [0.15, 0.2) is 0 Å². The first kappa shape index (κ1) is 29.1. The molecule has 0 spiro atoms. The Morgan fingerprint density at radius 3 is 2.18 bits per heavy atom. The minimum Gasteiger partial charge on any atom is -0.352 e. The second-order valence-electron chi connectivity index (χ2n) is 9.27. The van der Waals surface area contributed by atoms with Gasteiger partial charge >= 0.3 is 0 Å². The van der Waals surface area contributed by atoms with Crippen molar-refractivity contribution in [2.24, 2.45) is 0 Å². The number of nitrogens with zero attached hydrogens (tertiary/aromatic N) is 2. The fourth-order valence-electron chi connectivity index (χ4n) is 3.77. The summed E-state index contributed by atoms with van der Waals surface area (Å²) in [6.45, 7) is 6.59. The van der Waals surface area contributed by atoms with E-state index in [0.29, 0.717) is 0 Å². The highest BCUT2D eigenvalue weighted by Gasteiger charge is 2.32. The van der Waals surface area contributed by atoms with Crippen LogP contribution in [0, 0.1) is 12.7 Å². The third kappa shape index (κ3) is 7.11. The Kier molecular flexibility index (Phi) is 9.51. The van der Waals surface area contributed by atoms with Crippen LogP contribution in [0.2, 0.25) is 5.02 Å². The Labute approximate surface area is 228 Å². The summed E-state index contributed by atoms with van der Waals surface area (Å²) in [7, 11) is -4.25. The molecule has 7 nitrogen and oxygen atoms in total. The van der Waals surface area contributed by atoms with E-state index in [9.17, 15) is 22.4 Å². The van der Waals surface area contributed by atoms with Crippen LogP contribution in [0.5, 0.6) is 0 Å². The molecule has 0 aromatic heterocycles. The fourth-order valence-corrected chi connectivity index (χ4v) is 5.37. The van der Waals surface area contributed by atoms with Crippen molar-refractivity contribution in [3.63, 3.8) is 0 Å². The van der Waals surface area contributed by atoms with E-state index in [1.165, 1.54) is 23.1 Å². The molecule has 0 radical (unpaired) electrons. The van der Waals surface area contributed by atoms with Crippen LogP contribution in [0.25, 0.3) is 0 Å². The molecule has 0 aliphatic carbocycles. The van der Waals surface area contributed by atoms with E-state index in [1.807, 2.05) is 45.0 Å². The molecule has 0 fully saturated rings. The molecule has 2 amide bonds. The number of nitrogens with one attached hydrogen (secondary N) is 1. The van der Waals surface area contributed by atoms with Gasteiger partial charge in [0.2, 0.25) is 11.8 Å². The second kappa shape index (κ2) is 12.4. The first-order valence-corrected chi connectivity index (χ1v) is 13.9. The summed E-state index contributed by atoms with van der Waals surface area (Å²) in [5.74, 6) is -1.71. The van der Waals surface area contributed by atoms with E-state index in [4.69, 9.17) is 11.6 Å². The number of halogens is 2. The Balaban J connectivity index is 2.04. The van der Waals surface area contributed by atoms with Crippen molar-refractivity contribution in [1.29, 1.82) is 0 Å². The second-order valence-corrected chi connectivity index (χ2v) is 11.5. The van der Waals surface area contributed by atoms with Crippen molar-refractivity contribution >= 4 is 39.1 Å². The topological polar surface area (TPSA) is 86.8 Å². The molecule has 0 heterocycles. The Morgan fingerprint density at radius 2 is 1.61 bits per heavy atom. The average molecular weight is 560 g/mol. The maximum atomic E-state index is 13.9. The number of hydrogen-bond acceptors (Lipinski definition) is 4. The molecule has 3 aromatic rings. The lowest BCUT2D eigenvalue weighted by atomic mass is 10.1. The minimum absolute atomic E-state index is 0.0168. The molecule has 0 aliphatic heterocycles. The third-order valence-electron chi connectivity index (χ3n) is 5.87. The molecule has 0 bridgehead atoms. The summed E-state index contributed by atoms with van der Waals surface area (Å²) < 4.78 is 42.1. The van der Waals surface area contributed by atoms with Crippen LogP contribution in [0.15, 0.2) is 77.7 Å². The van der Waals surface area contributed by atoms with Gasteiger partial charge in [-0.25, -0.2) is 12.8 Å². The van der Waals surface area contributed by atoms with Gasteiger partial charge in [-0.3, -0.25) is 13.9 Å². The van der Waals surface area contributed by atoms with Crippen molar-refractivity contribution < 1.29 is 22.4 Å². The van der Waals surface area contributed by atoms with Crippen LogP contribution < -0.4 is 9.62 Å². The van der Waals surface area contributed by atoms with Gasteiger partial charge in [0.25, 0.3) is 10.0 Å². The highest BCUT2D eigenvalue weighted by molar-refractivity contribution is 7.92. The number of benzene rings is 3. The summed E-state index contributed by atoms with van der Waals surface area (Å²) >= 11 is 5.97. The first-order valence-electron chi connectivity index (χ1n) is 12.1. The van der Waals surface area contributed by atoms with Crippen molar-refractivity contribution in [2.75, 3.05) is 10.8 Å². The zero-order chi connectivity index (χ0) is 28.0. The number of sulfonamides is 1. The normalized spacial score (nSPS) is 12.2. The molecular weight excluding hydrogens is 529 g/mol. The van der Waals surface area contributed by atoms with Gasteiger partial charge in [0.05, 0.1) is 15.6 Å². The number of hydrogen-bond donors (Lipinski definition) is 1. The largest absolute Gasteiger partial charge is 0.352 e. The number of carbonyl (C=O) groups is 2. The van der Waals surface area contributed by atoms with Crippen molar-refractivity contribution in [3.05, 3.63) is 94.8 Å². The number of carbonyl (C=O) groups excluding carboxylic acids is 2. The van der Waals surface area contributed by atoms with Crippen LogP contribution in [-0.2, 0) is 26.2 Å². The molecule has 0 saturated carbocycles. The zero-order valence-corrected chi connectivity index (χ0v) is 23.3. The Bertz CT molecular complexity index is 1380. The van der Waals surface area contributed by atoms with Gasteiger partial charge in [-0.1, -0.05) is 59.6 Å². The summed E-state index contributed by atoms with van der Waals surface area (Å²) in [4.78, 5) is 28.0. The predicted molar refractivity (Wildman–Crippen MR) is 147 cm³/mol. The average Bonchev–Trinajstić information content (AvgIpc) is 2.88. The third-order valence-corrected chi connectivity index (χ3v) is 7.95. The number of amides is 2. The lowest BCUT2D eigenvalue weighted by Crippen LogP contribution is -2.52. The summed E-state index contributed by atoms with van der Waals surface area (Å²) in [5.41, 5.74) is 1.82. The molecule has 10 heteroatoms. The highest BCUT2D eigenvalue weighted by Crippen LogP contribution is 2.28. The van der Waals surface area contributed by atoms with Crippen LogP contribution in [0.3, 0.4) is 0 Å². The van der Waals surface area contributed by atoms with Crippen molar-refractivity contribution in [1.82, 2.24) is 10.2 Å². The van der Waals surface area contributed by atoms with Crippen LogP contribution in [0.4, 0.5) is 10.1 Å². The summed E-state index contributed by atoms with van der Waals surface area (Å²) in [6.07, 6.45) is 0. The monoisotopic (exact) mass is 559 g/mol. The van der Waals surface area contributed by atoms with E-state index in [2.05, 4.69) is 5.32 Å². The minimum atomic E-state index is -4.25. The van der Waals surface area contributed by atoms with Gasteiger partial charge < -0.3 is 10.2 Å². The van der Waals surface area contributed by atoms with Gasteiger partial charge in [-0.15, -0.1) is 0 Å². The molecule has 3 aromatic carbocycles. The molecule has 3 rings (SSSR count). The van der Waals surface area contributed by atoms with Crippen molar-refractivity contribution in [2.45, 2.75) is 51.2 Å². The smallest absolute Gasteiger partial charge is 0.264 e. The first-order chi connectivity index (χ1) is 17.9. The molecular formula is C28H31ClFN3O4S. The highest BCUT2D eigenvalue weighted by atomic mass is 35.5. The predicted octanol–water partition coefficient (Wildman–Crippen LogP) is 4.92. The van der Waals surface area contributed by atoms with Crippen LogP contribution in [-0.4, -0.2) is 43.8 Å². The lowest BCUT2D eigenvalue weighted by molar-refractivity contribution is -0.139. The standard InChI is InChI=1S/C28H31ClFN3O4S/c1-19(2)31-28(35)21(4)32(17-22-12-10-20(3)11-13-22)27(34)18-33(23-14-15-26(30)25(29)16-23)38(36,37)24-8-6-5-7-9-24/h5-16,19,21H,17-18H2,1-4H3,(H,31,35)/t21-/m0/s1. The van der Waals surface area contributed by atoms with Gasteiger partial charge in [0, 0.05) is 12.6 Å². The SMILES string of the molecule is Cc1ccc(CN(C(=O)CN(c2ccc(F)c(Cl)c2)S(=O)(=O)c2ccccc2)[C@@H](C)C(=O)NC(C)C)cc1. The summed E-state index contributed by atoms with van der Waals surface area (Å²) in [5, 5.41) is 2.52. The lowest BCUT2D eigenvalue weighted by Gasteiger charge is -2.32. The Hall–Kier alpha value is -3.43. The zero-order valence-electron chi connectivity index (χ0n) is 21.7. The quantitative estimate of drug-likeness (QED) is 0.382. The maximum absolute atomic E-state index is 13.9. The molecule has 1 N–H and O–H groups in total. The number of anilines is 1. The van der Waals surface area contributed by atoms with E-state index in [-0.39, 0.29) is 34.1 Å². The van der Waals surface area contributed by atoms with E-state index in [1.54, 1.807) is 25.1 Å². The molecule has 1 atom stereocenters. The molecule has 38 heavy (non-hydrogen) atoms. The molecule has 202 valence electrons. The van der Waals surface area contributed by atoms with E-state index in [0.717, 1.165) is 27.6 Å². The Morgan fingerprint density at radius 1 is 0.974 bits per heavy atom. The molecule has 0 saturated heterocycles. The van der Waals surface area contributed by atoms with E-state index < -0.39 is 34.3 Å². The maximum Gasteiger partial charge on any atom is 0.264 e. The molecule has 0 aliphatic rings. The van der Waals surface area contributed by atoms with Crippen LogP contribution in [0.1, 0.15) is 31.9 Å². The van der Waals surface area contributed by atoms with Crippen LogP contribution >= 0.6 is 11.6 Å². The number of rotatable bonds is 10. The molecule has 0 unspecified atom stereocenters. The van der Waals surface area contributed by atoms with Gasteiger partial charge in [-0.2, -0.15) is 0 Å². The van der Waals surface area contributed by atoms with Gasteiger partial charge in [0.1, 0.15) is 18.4 Å². The fraction of sp³-hybridized carbons (Fsp3) is 0.286. The van der Waals surface area contributed by atoms with Crippen molar-refractivity contribution in [3.8, 4) is 0 Å². The van der Waals surface area contributed by atoms with E-state index >= 15 is 0 Å². The summed E-state index contributed by atoms with van der Waals surface area (Å²) in [6, 6.07) is 17.5. The van der Waals surface area contributed by atoms with Gasteiger partial charge in [-0.05, 0) is 63.6 Å².